The normalized spacial score (nSPS) is 12.3. The van der Waals surface area contributed by atoms with Gasteiger partial charge in [0.15, 0.2) is 11.5 Å². The first kappa shape index (κ1) is 16.0. The maximum atomic E-state index is 12.5. The summed E-state index contributed by atoms with van der Waals surface area (Å²) in [5.74, 6) is -0.461. The number of nitrogens with one attached hydrogen (secondary N) is 1. The summed E-state index contributed by atoms with van der Waals surface area (Å²) in [6.07, 6.45) is -0.0842. The van der Waals surface area contributed by atoms with E-state index in [1.165, 1.54) is 4.57 Å². The van der Waals surface area contributed by atoms with Crippen LogP contribution in [0.3, 0.4) is 0 Å². The van der Waals surface area contributed by atoms with Gasteiger partial charge in [-0.25, -0.2) is 0 Å². The van der Waals surface area contributed by atoms with Crippen LogP contribution in [0.1, 0.15) is 16.1 Å². The Hall–Kier alpha value is -3.48. The Kier molecular flexibility index (Phi) is 3.76. The van der Waals surface area contributed by atoms with Gasteiger partial charge in [0, 0.05) is 29.7 Å². The van der Waals surface area contributed by atoms with Gasteiger partial charge in [0.2, 0.25) is 12.7 Å². The molecule has 0 fully saturated rings. The number of carbonyl (C=O) groups excluding carboxylic acids is 2. The Balaban J connectivity index is 1.63. The van der Waals surface area contributed by atoms with Gasteiger partial charge in [-0.05, 0) is 23.8 Å². The minimum atomic E-state index is -1.31. The van der Waals surface area contributed by atoms with Crippen LogP contribution in [-0.4, -0.2) is 23.2 Å². The largest absolute Gasteiger partial charge is 0.543 e. The van der Waals surface area contributed by atoms with Crippen LogP contribution in [0.2, 0.25) is 0 Å². The quantitative estimate of drug-likeness (QED) is 0.768. The molecule has 1 amide bonds. The first-order chi connectivity index (χ1) is 12.5. The van der Waals surface area contributed by atoms with Crippen LogP contribution in [0.5, 0.6) is 11.5 Å². The van der Waals surface area contributed by atoms with Crippen LogP contribution in [-0.2, 0) is 18.3 Å². The standard InChI is InChI=1S/C19H16N2O5/c1-21-14-5-3-2-4-12(14)13(18(21)19(23)24)9-17(22)20-11-6-7-15-16(8-11)26-10-25-15/h2-8H,9-10H2,1H3,(H,20,22)(H,23,24)/p-1. The molecule has 0 spiro atoms. The Morgan fingerprint density at radius 3 is 2.73 bits per heavy atom. The Labute approximate surface area is 148 Å². The molecule has 0 unspecified atom stereocenters. The molecule has 0 bridgehead atoms. The van der Waals surface area contributed by atoms with E-state index in [1.807, 2.05) is 6.07 Å². The molecule has 0 saturated carbocycles. The van der Waals surface area contributed by atoms with Crippen LogP contribution >= 0.6 is 0 Å². The molecule has 132 valence electrons. The van der Waals surface area contributed by atoms with Crippen LogP contribution in [0.25, 0.3) is 10.9 Å². The number of carbonyl (C=O) groups is 2. The van der Waals surface area contributed by atoms with Crippen LogP contribution in [0, 0.1) is 0 Å². The molecule has 2 heterocycles. The van der Waals surface area contributed by atoms with Crippen molar-refractivity contribution in [3.63, 3.8) is 0 Å². The number of rotatable bonds is 4. The Bertz CT molecular complexity index is 1040. The number of benzene rings is 2. The fourth-order valence-electron chi connectivity index (χ4n) is 3.25. The fraction of sp³-hybridized carbons (Fsp3) is 0.158. The number of aryl methyl sites for hydroxylation is 1. The molecule has 7 heteroatoms. The number of carboxylic acids is 1. The number of para-hydroxylation sites is 1. The summed E-state index contributed by atoms with van der Waals surface area (Å²) in [6, 6.07) is 12.3. The number of ether oxygens (including phenoxy) is 2. The molecule has 0 radical (unpaired) electrons. The zero-order chi connectivity index (χ0) is 18.3. The van der Waals surface area contributed by atoms with Gasteiger partial charge in [0.25, 0.3) is 0 Å². The number of fused-ring (bicyclic) bond motifs is 2. The van der Waals surface area contributed by atoms with E-state index in [2.05, 4.69) is 5.32 Å². The van der Waals surface area contributed by atoms with Crippen molar-refractivity contribution in [1.29, 1.82) is 0 Å². The zero-order valence-electron chi connectivity index (χ0n) is 13.9. The third kappa shape index (κ3) is 2.63. The Morgan fingerprint density at radius 2 is 1.92 bits per heavy atom. The van der Waals surface area contributed by atoms with E-state index in [4.69, 9.17) is 9.47 Å². The fourth-order valence-corrected chi connectivity index (χ4v) is 3.25. The highest BCUT2D eigenvalue weighted by molar-refractivity contribution is 6.02. The molecule has 26 heavy (non-hydrogen) atoms. The van der Waals surface area contributed by atoms with Crippen molar-refractivity contribution in [1.82, 2.24) is 4.57 Å². The SMILES string of the molecule is Cn1c(C(=O)[O-])c(CC(=O)Nc2ccc3c(c2)OCO3)c2ccccc21. The van der Waals surface area contributed by atoms with Gasteiger partial charge in [-0.3, -0.25) is 4.79 Å². The predicted molar refractivity (Wildman–Crippen MR) is 92.1 cm³/mol. The summed E-state index contributed by atoms with van der Waals surface area (Å²) < 4.78 is 12.1. The van der Waals surface area contributed by atoms with E-state index in [-0.39, 0.29) is 24.8 Å². The van der Waals surface area contributed by atoms with E-state index in [9.17, 15) is 14.7 Å². The molecule has 0 atom stereocenters. The monoisotopic (exact) mass is 351 g/mol. The van der Waals surface area contributed by atoms with Crippen molar-refractivity contribution in [3.05, 3.63) is 53.7 Å². The molecule has 1 aliphatic heterocycles. The number of amides is 1. The molecule has 7 nitrogen and oxygen atoms in total. The minimum Gasteiger partial charge on any atom is -0.543 e. The van der Waals surface area contributed by atoms with Crippen molar-refractivity contribution in [2.24, 2.45) is 7.05 Å². The Morgan fingerprint density at radius 1 is 1.15 bits per heavy atom. The summed E-state index contributed by atoms with van der Waals surface area (Å²) in [7, 11) is 1.65. The second-order valence-electron chi connectivity index (χ2n) is 5.98. The highest BCUT2D eigenvalue weighted by Gasteiger charge is 2.19. The van der Waals surface area contributed by atoms with Gasteiger partial charge in [-0.15, -0.1) is 0 Å². The average molecular weight is 351 g/mol. The molecule has 3 aromatic rings. The van der Waals surface area contributed by atoms with Crippen molar-refractivity contribution in [2.45, 2.75) is 6.42 Å². The number of hydrogen-bond donors (Lipinski definition) is 1. The molecule has 1 aliphatic rings. The third-order valence-electron chi connectivity index (χ3n) is 4.40. The zero-order valence-corrected chi connectivity index (χ0v) is 13.9. The van der Waals surface area contributed by atoms with Gasteiger partial charge in [-0.2, -0.15) is 0 Å². The van der Waals surface area contributed by atoms with E-state index < -0.39 is 5.97 Å². The lowest BCUT2D eigenvalue weighted by atomic mass is 10.1. The molecule has 4 rings (SSSR count). The number of carboxylic acid groups (broad SMARTS) is 1. The second kappa shape index (κ2) is 6.11. The second-order valence-corrected chi connectivity index (χ2v) is 5.98. The van der Waals surface area contributed by atoms with Gasteiger partial charge >= 0.3 is 0 Å². The molecular formula is C19H15N2O5-. The van der Waals surface area contributed by atoms with Gasteiger partial charge in [-0.1, -0.05) is 18.2 Å². The number of hydrogen-bond acceptors (Lipinski definition) is 5. The summed E-state index contributed by atoms with van der Waals surface area (Å²) in [5.41, 5.74) is 1.72. The number of anilines is 1. The smallest absolute Gasteiger partial charge is 0.231 e. The highest BCUT2D eigenvalue weighted by Crippen LogP contribution is 2.34. The van der Waals surface area contributed by atoms with Crippen LogP contribution < -0.4 is 19.9 Å². The number of aromatic nitrogens is 1. The van der Waals surface area contributed by atoms with Crippen molar-refractivity contribution >= 4 is 28.5 Å². The minimum absolute atomic E-state index is 0.00652. The average Bonchev–Trinajstić information content (AvgIpc) is 3.18. The highest BCUT2D eigenvalue weighted by atomic mass is 16.7. The van der Waals surface area contributed by atoms with Crippen molar-refractivity contribution in [3.8, 4) is 11.5 Å². The lowest BCUT2D eigenvalue weighted by Gasteiger charge is -2.10. The number of aromatic carboxylic acids is 1. The van der Waals surface area contributed by atoms with E-state index in [0.29, 0.717) is 22.7 Å². The van der Waals surface area contributed by atoms with Crippen LogP contribution in [0.4, 0.5) is 5.69 Å². The molecule has 1 aromatic heterocycles. The van der Waals surface area contributed by atoms with Gasteiger partial charge in [0.1, 0.15) is 0 Å². The molecule has 0 aliphatic carbocycles. The molecule has 0 saturated heterocycles. The summed E-state index contributed by atoms with van der Waals surface area (Å²) in [4.78, 5) is 24.1. The van der Waals surface area contributed by atoms with Gasteiger partial charge in [0.05, 0.1) is 18.1 Å². The van der Waals surface area contributed by atoms with Gasteiger partial charge < -0.3 is 29.3 Å². The summed E-state index contributed by atoms with van der Waals surface area (Å²) >= 11 is 0. The lowest BCUT2D eigenvalue weighted by Crippen LogP contribution is -2.27. The maximum absolute atomic E-state index is 12.5. The van der Waals surface area contributed by atoms with Crippen molar-refractivity contribution in [2.75, 3.05) is 12.1 Å². The first-order valence-corrected chi connectivity index (χ1v) is 8.01. The maximum Gasteiger partial charge on any atom is 0.231 e. The lowest BCUT2D eigenvalue weighted by molar-refractivity contribution is -0.255. The molecule has 1 N–H and O–H groups in total. The van der Waals surface area contributed by atoms with E-state index in [0.717, 1.165) is 10.9 Å². The topological polar surface area (TPSA) is 92.6 Å². The van der Waals surface area contributed by atoms with Crippen LogP contribution in [0.15, 0.2) is 42.5 Å². The molecular weight excluding hydrogens is 336 g/mol. The van der Waals surface area contributed by atoms with E-state index >= 15 is 0 Å². The third-order valence-corrected chi connectivity index (χ3v) is 4.40. The summed E-state index contributed by atoms with van der Waals surface area (Å²) in [6.45, 7) is 0.151. The first-order valence-electron chi connectivity index (χ1n) is 8.01. The van der Waals surface area contributed by atoms with Crippen molar-refractivity contribution < 1.29 is 24.2 Å². The number of nitrogens with zero attached hydrogens (tertiary/aromatic N) is 1. The molecule has 2 aromatic carbocycles. The predicted octanol–water partition coefficient (Wildman–Crippen LogP) is 1.45. The van der Waals surface area contributed by atoms with E-state index in [1.54, 1.807) is 43.4 Å². The summed E-state index contributed by atoms with van der Waals surface area (Å²) in [5, 5.41) is 15.1.